The van der Waals surface area contributed by atoms with Crippen LogP contribution in [0.15, 0.2) is 42.9 Å². The highest BCUT2D eigenvalue weighted by Gasteiger charge is 2.09. The van der Waals surface area contributed by atoms with E-state index in [0.29, 0.717) is 11.4 Å². The number of carbonyl (C=O) groups excluding carboxylic acids is 1. The summed E-state index contributed by atoms with van der Waals surface area (Å²) in [6, 6.07) is 7.13. The van der Waals surface area contributed by atoms with Crippen LogP contribution in [0.1, 0.15) is 10.4 Å². The minimum atomic E-state index is -0.219. The molecule has 1 aliphatic rings. The number of rotatable bonds is 6. The number of aromatic nitrogens is 2. The first-order valence-electron chi connectivity index (χ1n) is 8.03. The fourth-order valence-corrected chi connectivity index (χ4v) is 2.44. The molecule has 1 aliphatic heterocycles. The van der Waals surface area contributed by atoms with Crippen molar-refractivity contribution >= 4 is 17.4 Å². The van der Waals surface area contributed by atoms with Crippen LogP contribution < -0.4 is 10.6 Å². The van der Waals surface area contributed by atoms with Crippen LogP contribution in [0.3, 0.4) is 0 Å². The number of amides is 1. The Labute approximate surface area is 141 Å². The number of anilines is 2. The summed E-state index contributed by atoms with van der Waals surface area (Å²) in [7, 11) is 0. The molecule has 0 aromatic carbocycles. The number of hydrogen-bond donors (Lipinski definition) is 2. The first-order chi connectivity index (χ1) is 11.8. The van der Waals surface area contributed by atoms with Crippen LogP contribution in [-0.2, 0) is 4.74 Å². The molecule has 0 saturated carbocycles. The van der Waals surface area contributed by atoms with Crippen LogP contribution in [0.5, 0.6) is 0 Å². The predicted octanol–water partition coefficient (Wildman–Crippen LogP) is 1.47. The number of pyridine rings is 2. The van der Waals surface area contributed by atoms with E-state index in [1.807, 2.05) is 6.07 Å². The van der Waals surface area contributed by atoms with Gasteiger partial charge in [-0.25, -0.2) is 4.98 Å². The van der Waals surface area contributed by atoms with Crippen molar-refractivity contribution in [3.8, 4) is 0 Å². The normalized spacial score (nSPS) is 15.0. The lowest BCUT2D eigenvalue weighted by Gasteiger charge is -2.26. The Hall–Kier alpha value is -2.51. The van der Waals surface area contributed by atoms with Crippen molar-refractivity contribution in [2.24, 2.45) is 0 Å². The van der Waals surface area contributed by atoms with E-state index in [2.05, 4.69) is 25.5 Å². The van der Waals surface area contributed by atoms with Crippen molar-refractivity contribution < 1.29 is 9.53 Å². The van der Waals surface area contributed by atoms with Gasteiger partial charge in [-0.2, -0.15) is 0 Å². The van der Waals surface area contributed by atoms with E-state index >= 15 is 0 Å². The standard InChI is InChI=1S/C17H21N5O2/c23-17(14-2-1-5-18-12-14)21-16-4-3-15(13-20-16)19-6-7-22-8-10-24-11-9-22/h1-5,12-13,19H,6-11H2,(H,20,21,23). The molecule has 1 amide bonds. The van der Waals surface area contributed by atoms with E-state index in [9.17, 15) is 4.79 Å². The second-order valence-corrected chi connectivity index (χ2v) is 5.51. The Morgan fingerprint density at radius 2 is 2.08 bits per heavy atom. The zero-order valence-corrected chi connectivity index (χ0v) is 13.4. The molecule has 1 saturated heterocycles. The van der Waals surface area contributed by atoms with Gasteiger partial charge in [0.05, 0.1) is 30.7 Å². The molecule has 3 rings (SSSR count). The van der Waals surface area contributed by atoms with Crippen molar-refractivity contribution in [1.29, 1.82) is 0 Å². The maximum Gasteiger partial charge on any atom is 0.258 e. The molecule has 7 heteroatoms. The molecule has 0 bridgehead atoms. The Morgan fingerprint density at radius 3 is 2.79 bits per heavy atom. The summed E-state index contributed by atoms with van der Waals surface area (Å²) in [5, 5.41) is 6.09. The fourth-order valence-electron chi connectivity index (χ4n) is 2.44. The molecule has 0 unspecified atom stereocenters. The molecule has 0 radical (unpaired) electrons. The Balaban J connectivity index is 1.45. The fraction of sp³-hybridized carbons (Fsp3) is 0.353. The van der Waals surface area contributed by atoms with E-state index in [1.165, 1.54) is 6.20 Å². The van der Waals surface area contributed by atoms with E-state index < -0.39 is 0 Å². The van der Waals surface area contributed by atoms with Crippen LogP contribution >= 0.6 is 0 Å². The molecule has 0 spiro atoms. The zero-order valence-electron chi connectivity index (χ0n) is 13.4. The van der Waals surface area contributed by atoms with Gasteiger partial charge >= 0.3 is 0 Å². The first-order valence-corrected chi connectivity index (χ1v) is 8.03. The Bertz CT molecular complexity index is 642. The van der Waals surface area contributed by atoms with Crippen LogP contribution in [-0.4, -0.2) is 60.2 Å². The molecule has 3 heterocycles. The molecule has 126 valence electrons. The zero-order chi connectivity index (χ0) is 16.6. The minimum Gasteiger partial charge on any atom is -0.383 e. The highest BCUT2D eigenvalue weighted by Crippen LogP contribution is 2.11. The molecule has 1 fully saturated rings. The molecule has 24 heavy (non-hydrogen) atoms. The second-order valence-electron chi connectivity index (χ2n) is 5.51. The lowest BCUT2D eigenvalue weighted by atomic mass is 10.2. The summed E-state index contributed by atoms with van der Waals surface area (Å²) >= 11 is 0. The largest absolute Gasteiger partial charge is 0.383 e. The number of nitrogens with one attached hydrogen (secondary N) is 2. The third-order valence-electron chi connectivity index (χ3n) is 3.79. The van der Waals surface area contributed by atoms with Gasteiger partial charge in [0, 0.05) is 38.6 Å². The van der Waals surface area contributed by atoms with Gasteiger partial charge in [-0.1, -0.05) is 0 Å². The summed E-state index contributed by atoms with van der Waals surface area (Å²) in [4.78, 5) is 22.6. The molecular formula is C17H21N5O2. The summed E-state index contributed by atoms with van der Waals surface area (Å²) < 4.78 is 5.33. The molecular weight excluding hydrogens is 306 g/mol. The maximum absolute atomic E-state index is 12.0. The van der Waals surface area contributed by atoms with Gasteiger partial charge in [-0.05, 0) is 24.3 Å². The summed E-state index contributed by atoms with van der Waals surface area (Å²) in [6.45, 7) is 5.42. The third kappa shape index (κ3) is 4.74. The highest BCUT2D eigenvalue weighted by molar-refractivity contribution is 6.03. The second kappa shape index (κ2) is 8.37. The topological polar surface area (TPSA) is 79.4 Å². The van der Waals surface area contributed by atoms with Gasteiger partial charge in [0.15, 0.2) is 0 Å². The predicted molar refractivity (Wildman–Crippen MR) is 92.2 cm³/mol. The van der Waals surface area contributed by atoms with Gasteiger partial charge in [0.1, 0.15) is 5.82 Å². The minimum absolute atomic E-state index is 0.219. The number of ether oxygens (including phenoxy) is 1. The van der Waals surface area contributed by atoms with E-state index in [-0.39, 0.29) is 5.91 Å². The summed E-state index contributed by atoms with van der Waals surface area (Å²) in [6.07, 6.45) is 4.88. The van der Waals surface area contributed by atoms with Gasteiger partial charge in [0.25, 0.3) is 5.91 Å². The molecule has 0 aliphatic carbocycles. The molecule has 0 atom stereocenters. The Morgan fingerprint density at radius 1 is 1.21 bits per heavy atom. The van der Waals surface area contributed by atoms with Crippen LogP contribution in [0, 0.1) is 0 Å². The van der Waals surface area contributed by atoms with E-state index in [1.54, 1.807) is 30.6 Å². The third-order valence-corrected chi connectivity index (χ3v) is 3.79. The van der Waals surface area contributed by atoms with Crippen molar-refractivity contribution in [2.75, 3.05) is 50.0 Å². The van der Waals surface area contributed by atoms with Crippen molar-refractivity contribution in [3.63, 3.8) is 0 Å². The average Bonchev–Trinajstić information content (AvgIpc) is 2.65. The van der Waals surface area contributed by atoms with Gasteiger partial charge in [-0.3, -0.25) is 14.7 Å². The molecule has 2 aromatic rings. The maximum atomic E-state index is 12.0. The highest BCUT2D eigenvalue weighted by atomic mass is 16.5. The molecule has 2 aromatic heterocycles. The average molecular weight is 327 g/mol. The summed E-state index contributed by atoms with van der Waals surface area (Å²) in [5.41, 5.74) is 1.44. The van der Waals surface area contributed by atoms with E-state index in [4.69, 9.17) is 4.74 Å². The SMILES string of the molecule is O=C(Nc1ccc(NCCN2CCOCC2)cn1)c1cccnc1. The van der Waals surface area contributed by atoms with Crippen molar-refractivity contribution in [3.05, 3.63) is 48.4 Å². The van der Waals surface area contributed by atoms with Gasteiger partial charge < -0.3 is 15.4 Å². The van der Waals surface area contributed by atoms with E-state index in [0.717, 1.165) is 45.1 Å². The lowest BCUT2D eigenvalue weighted by Crippen LogP contribution is -2.39. The van der Waals surface area contributed by atoms with Crippen molar-refractivity contribution in [1.82, 2.24) is 14.9 Å². The molecule has 2 N–H and O–H groups in total. The Kier molecular flexibility index (Phi) is 5.70. The number of morpholine rings is 1. The molecule has 7 nitrogen and oxygen atoms in total. The monoisotopic (exact) mass is 327 g/mol. The van der Waals surface area contributed by atoms with Gasteiger partial charge in [-0.15, -0.1) is 0 Å². The van der Waals surface area contributed by atoms with Crippen LogP contribution in [0.4, 0.5) is 11.5 Å². The number of nitrogens with zero attached hydrogens (tertiary/aromatic N) is 3. The van der Waals surface area contributed by atoms with Crippen LogP contribution in [0.25, 0.3) is 0 Å². The number of carbonyl (C=O) groups is 1. The first kappa shape index (κ1) is 16.4. The lowest BCUT2D eigenvalue weighted by molar-refractivity contribution is 0.0398. The van der Waals surface area contributed by atoms with Crippen LogP contribution in [0.2, 0.25) is 0 Å². The van der Waals surface area contributed by atoms with Crippen molar-refractivity contribution in [2.45, 2.75) is 0 Å². The number of hydrogen-bond acceptors (Lipinski definition) is 6. The smallest absolute Gasteiger partial charge is 0.258 e. The summed E-state index contributed by atoms with van der Waals surface area (Å²) in [5.74, 6) is 0.297. The van der Waals surface area contributed by atoms with Gasteiger partial charge in [0.2, 0.25) is 0 Å². The quantitative estimate of drug-likeness (QED) is 0.836.